The average Bonchev–Trinajstić information content (AvgIpc) is 2.92. The predicted octanol–water partition coefficient (Wildman–Crippen LogP) is 3.63. The van der Waals surface area contributed by atoms with Crippen molar-refractivity contribution in [3.63, 3.8) is 0 Å². The van der Waals surface area contributed by atoms with E-state index in [9.17, 15) is 5.26 Å². The Hall–Kier alpha value is -1.79. The molecule has 1 aromatic heterocycles. The molecule has 0 saturated carbocycles. The van der Waals surface area contributed by atoms with Gasteiger partial charge in [-0.25, -0.2) is 0 Å². The molecule has 0 spiro atoms. The van der Waals surface area contributed by atoms with E-state index in [1.54, 1.807) is 0 Å². The molecule has 3 heteroatoms. The number of aromatic amines is 1. The fourth-order valence-corrected chi connectivity index (χ4v) is 3.72. The second-order valence-electron chi connectivity index (χ2n) is 6.04. The van der Waals surface area contributed by atoms with E-state index < -0.39 is 0 Å². The first-order valence-corrected chi connectivity index (χ1v) is 8.04. The first kappa shape index (κ1) is 14.2. The smallest absolute Gasteiger partial charge is 0.0994 e. The molecular weight excluding hydrogens is 258 g/mol. The van der Waals surface area contributed by atoms with E-state index in [-0.39, 0.29) is 0 Å². The van der Waals surface area contributed by atoms with Crippen molar-refractivity contribution < 1.29 is 0 Å². The Kier molecular flexibility index (Phi) is 3.98. The van der Waals surface area contributed by atoms with Crippen LogP contribution in [0.15, 0.2) is 18.3 Å². The Bertz CT molecular complexity index is 672. The van der Waals surface area contributed by atoms with Crippen LogP contribution in [0.5, 0.6) is 0 Å². The first-order chi connectivity index (χ1) is 10.3. The lowest BCUT2D eigenvalue weighted by Crippen LogP contribution is -2.41. The van der Waals surface area contributed by atoms with Gasteiger partial charge in [0.05, 0.1) is 11.6 Å². The zero-order valence-electron chi connectivity index (χ0n) is 12.9. The van der Waals surface area contributed by atoms with Crippen LogP contribution in [0.2, 0.25) is 0 Å². The minimum absolute atomic E-state index is 0.533. The summed E-state index contributed by atoms with van der Waals surface area (Å²) in [5, 5.41) is 10.7. The van der Waals surface area contributed by atoms with Crippen LogP contribution in [0, 0.1) is 11.3 Å². The summed E-state index contributed by atoms with van der Waals surface area (Å²) in [4.78, 5) is 5.97. The van der Waals surface area contributed by atoms with E-state index >= 15 is 0 Å². The number of benzene rings is 1. The van der Waals surface area contributed by atoms with Crippen LogP contribution in [0.4, 0.5) is 0 Å². The molecule has 1 aliphatic rings. The highest BCUT2D eigenvalue weighted by Crippen LogP contribution is 2.33. The second-order valence-corrected chi connectivity index (χ2v) is 6.04. The first-order valence-electron chi connectivity index (χ1n) is 8.04. The van der Waals surface area contributed by atoms with Crippen LogP contribution >= 0.6 is 0 Å². The molecule has 110 valence electrons. The number of nitriles is 1. The van der Waals surface area contributed by atoms with Crippen molar-refractivity contribution in [2.75, 3.05) is 13.1 Å². The number of nitrogens with zero attached hydrogens (tertiary/aromatic N) is 2. The molecule has 1 N–H and O–H groups in total. The molecule has 2 aromatic rings. The number of hydrogen-bond donors (Lipinski definition) is 1. The van der Waals surface area contributed by atoms with E-state index in [1.807, 2.05) is 12.1 Å². The second kappa shape index (κ2) is 5.91. The maximum absolute atomic E-state index is 9.42. The highest BCUT2D eigenvalue weighted by Gasteiger charge is 2.27. The molecule has 1 aliphatic carbocycles. The third-order valence-electron chi connectivity index (χ3n) is 4.59. The van der Waals surface area contributed by atoms with Crippen LogP contribution in [-0.4, -0.2) is 29.0 Å². The molecule has 0 unspecified atom stereocenters. The van der Waals surface area contributed by atoms with Crippen molar-refractivity contribution >= 4 is 10.9 Å². The Labute approximate surface area is 126 Å². The lowest BCUT2D eigenvalue weighted by atomic mass is 9.86. The van der Waals surface area contributed by atoms with E-state index in [0.717, 1.165) is 31.5 Å². The van der Waals surface area contributed by atoms with E-state index in [1.165, 1.54) is 34.9 Å². The maximum atomic E-state index is 9.42. The van der Waals surface area contributed by atoms with E-state index in [2.05, 4.69) is 36.0 Å². The van der Waals surface area contributed by atoms with Crippen molar-refractivity contribution in [1.82, 2.24) is 9.88 Å². The van der Waals surface area contributed by atoms with Crippen molar-refractivity contribution in [2.45, 2.75) is 45.6 Å². The fraction of sp³-hybridized carbons (Fsp3) is 0.500. The Morgan fingerprint density at radius 3 is 2.67 bits per heavy atom. The minimum atomic E-state index is 0.533. The van der Waals surface area contributed by atoms with Crippen LogP contribution in [-0.2, 0) is 12.8 Å². The summed E-state index contributed by atoms with van der Waals surface area (Å²) < 4.78 is 0. The SMILES string of the molecule is CCCN(CCC)[C@H]1Cc2c[nH]c3ccc(C#N)c(c23)C1. The van der Waals surface area contributed by atoms with Crippen LogP contribution in [0.3, 0.4) is 0 Å². The van der Waals surface area contributed by atoms with Gasteiger partial charge in [-0.3, -0.25) is 4.90 Å². The van der Waals surface area contributed by atoms with Gasteiger partial charge >= 0.3 is 0 Å². The van der Waals surface area contributed by atoms with Gasteiger partial charge in [0.1, 0.15) is 0 Å². The highest BCUT2D eigenvalue weighted by molar-refractivity contribution is 5.89. The molecule has 3 rings (SSSR count). The number of rotatable bonds is 5. The lowest BCUT2D eigenvalue weighted by molar-refractivity contribution is 0.192. The molecule has 3 nitrogen and oxygen atoms in total. The van der Waals surface area contributed by atoms with Crippen molar-refractivity contribution in [3.05, 3.63) is 35.0 Å². The van der Waals surface area contributed by atoms with Gasteiger partial charge in [-0.15, -0.1) is 0 Å². The average molecular weight is 281 g/mol. The predicted molar refractivity (Wildman–Crippen MR) is 86.4 cm³/mol. The summed E-state index contributed by atoms with van der Waals surface area (Å²) in [7, 11) is 0. The van der Waals surface area contributed by atoms with E-state index in [0.29, 0.717) is 6.04 Å². The molecule has 1 aromatic carbocycles. The van der Waals surface area contributed by atoms with Gasteiger partial charge in [0.15, 0.2) is 0 Å². The molecule has 0 aliphatic heterocycles. The van der Waals surface area contributed by atoms with Gasteiger partial charge in [-0.2, -0.15) is 5.26 Å². The quantitative estimate of drug-likeness (QED) is 0.909. The Morgan fingerprint density at radius 2 is 2.00 bits per heavy atom. The molecule has 1 heterocycles. The third-order valence-corrected chi connectivity index (χ3v) is 4.59. The van der Waals surface area contributed by atoms with E-state index in [4.69, 9.17) is 0 Å². The van der Waals surface area contributed by atoms with Gasteiger partial charge in [-0.1, -0.05) is 13.8 Å². The molecule has 0 saturated heterocycles. The highest BCUT2D eigenvalue weighted by atomic mass is 15.1. The molecule has 0 fully saturated rings. The molecule has 21 heavy (non-hydrogen) atoms. The molecule has 0 bridgehead atoms. The number of nitrogens with one attached hydrogen (secondary N) is 1. The molecule has 1 atom stereocenters. The third kappa shape index (κ3) is 2.45. The van der Waals surface area contributed by atoms with Crippen molar-refractivity contribution in [3.8, 4) is 6.07 Å². The largest absolute Gasteiger partial charge is 0.361 e. The number of H-pyrrole nitrogens is 1. The van der Waals surface area contributed by atoms with Gasteiger partial charge < -0.3 is 4.98 Å². The standard InChI is InChI=1S/C18H23N3/c1-3-7-21(8-4-2)15-9-14-12-20-17-6-5-13(11-19)16(10-15)18(14)17/h5-6,12,15,20H,3-4,7-10H2,1-2H3/t15-/m0/s1. The van der Waals surface area contributed by atoms with Crippen molar-refractivity contribution in [2.24, 2.45) is 0 Å². The Balaban J connectivity index is 1.99. The summed E-state index contributed by atoms with van der Waals surface area (Å²) in [6, 6.07) is 6.92. The summed E-state index contributed by atoms with van der Waals surface area (Å²) >= 11 is 0. The molecule has 0 amide bonds. The molecule has 0 radical (unpaired) electrons. The number of hydrogen-bond acceptors (Lipinski definition) is 2. The zero-order chi connectivity index (χ0) is 14.8. The Morgan fingerprint density at radius 1 is 1.24 bits per heavy atom. The van der Waals surface area contributed by atoms with Gasteiger partial charge in [0, 0.05) is 23.1 Å². The summed E-state index contributed by atoms with van der Waals surface area (Å²) in [6.07, 6.45) is 6.61. The summed E-state index contributed by atoms with van der Waals surface area (Å²) in [5.74, 6) is 0. The van der Waals surface area contributed by atoms with Gasteiger partial charge in [-0.05, 0) is 62.0 Å². The van der Waals surface area contributed by atoms with Crippen LogP contribution < -0.4 is 0 Å². The van der Waals surface area contributed by atoms with Crippen LogP contribution in [0.1, 0.15) is 43.4 Å². The molecular formula is C18H23N3. The number of aromatic nitrogens is 1. The lowest BCUT2D eigenvalue weighted by Gasteiger charge is -2.34. The van der Waals surface area contributed by atoms with Crippen molar-refractivity contribution in [1.29, 1.82) is 5.26 Å². The zero-order valence-corrected chi connectivity index (χ0v) is 12.9. The summed E-state index contributed by atoms with van der Waals surface area (Å²) in [6.45, 7) is 6.79. The fourth-order valence-electron chi connectivity index (χ4n) is 3.72. The van der Waals surface area contributed by atoms with Gasteiger partial charge in [0.2, 0.25) is 0 Å². The monoisotopic (exact) mass is 281 g/mol. The normalized spacial score (nSPS) is 17.3. The summed E-state index contributed by atoms with van der Waals surface area (Å²) in [5.41, 5.74) is 4.65. The maximum Gasteiger partial charge on any atom is 0.0994 e. The van der Waals surface area contributed by atoms with Crippen LogP contribution in [0.25, 0.3) is 10.9 Å². The topological polar surface area (TPSA) is 42.8 Å². The minimum Gasteiger partial charge on any atom is -0.361 e. The van der Waals surface area contributed by atoms with Gasteiger partial charge in [0.25, 0.3) is 0 Å².